The number of carbonyl (C=O) groups is 2. The van der Waals surface area contributed by atoms with Crippen molar-refractivity contribution in [2.24, 2.45) is 0 Å². The van der Waals surface area contributed by atoms with Crippen LogP contribution in [0.15, 0.2) is 36.5 Å². The molecule has 1 saturated heterocycles. The van der Waals surface area contributed by atoms with Gasteiger partial charge in [0.2, 0.25) is 11.8 Å². The molecule has 5 nitrogen and oxygen atoms in total. The lowest BCUT2D eigenvalue weighted by Crippen LogP contribution is -2.54. The quantitative estimate of drug-likeness (QED) is 0.837. The Bertz CT molecular complexity index is 798. The van der Waals surface area contributed by atoms with Crippen LogP contribution >= 0.6 is 23.2 Å². The van der Waals surface area contributed by atoms with Crippen molar-refractivity contribution >= 4 is 40.8 Å². The van der Waals surface area contributed by atoms with Gasteiger partial charge in [0.1, 0.15) is 13.1 Å². The molecule has 0 unspecified atom stereocenters. The van der Waals surface area contributed by atoms with E-state index in [1.165, 1.54) is 11.1 Å². The van der Waals surface area contributed by atoms with Gasteiger partial charge in [0, 0.05) is 17.8 Å². The van der Waals surface area contributed by atoms with Gasteiger partial charge < -0.3 is 4.90 Å². The molecule has 2 heterocycles. The summed E-state index contributed by atoms with van der Waals surface area (Å²) in [5, 5.41) is 0.715. The van der Waals surface area contributed by atoms with Crippen molar-refractivity contribution in [2.45, 2.75) is 6.54 Å². The van der Waals surface area contributed by atoms with Crippen molar-refractivity contribution in [2.75, 3.05) is 18.0 Å². The van der Waals surface area contributed by atoms with E-state index >= 15 is 0 Å². The third-order valence-electron chi connectivity index (χ3n) is 3.60. The molecule has 0 saturated carbocycles. The fraction of sp³-hybridized carbons (Fsp3) is 0.188. The van der Waals surface area contributed by atoms with Crippen LogP contribution in [0.2, 0.25) is 10.0 Å². The first-order chi connectivity index (χ1) is 11.4. The Morgan fingerprint density at radius 3 is 2.42 bits per heavy atom. The lowest BCUT2D eigenvalue weighted by molar-refractivity contribution is -0.138. The average Bonchev–Trinajstić information content (AvgIpc) is 2.53. The lowest BCUT2D eigenvalue weighted by atomic mass is 10.2. The first kappa shape index (κ1) is 16.7. The summed E-state index contributed by atoms with van der Waals surface area (Å²) in [6.07, 6.45) is 1.23. The van der Waals surface area contributed by atoms with E-state index < -0.39 is 11.7 Å². The van der Waals surface area contributed by atoms with Gasteiger partial charge in [0.15, 0.2) is 11.6 Å². The summed E-state index contributed by atoms with van der Waals surface area (Å²) in [4.78, 5) is 30.9. The summed E-state index contributed by atoms with van der Waals surface area (Å²) in [7, 11) is 0. The number of amides is 2. The molecule has 1 aliphatic heterocycles. The third kappa shape index (κ3) is 3.49. The highest BCUT2D eigenvalue weighted by Crippen LogP contribution is 2.22. The van der Waals surface area contributed by atoms with Gasteiger partial charge in [0.05, 0.1) is 5.02 Å². The second-order valence-electron chi connectivity index (χ2n) is 5.32. The van der Waals surface area contributed by atoms with Gasteiger partial charge >= 0.3 is 0 Å². The molecule has 1 aromatic carbocycles. The van der Waals surface area contributed by atoms with E-state index in [1.807, 2.05) is 0 Å². The summed E-state index contributed by atoms with van der Waals surface area (Å²) in [6, 6.07) is 8.06. The molecule has 0 spiro atoms. The highest BCUT2D eigenvalue weighted by molar-refractivity contribution is 6.30. The molecule has 2 amide bonds. The zero-order chi connectivity index (χ0) is 17.3. The standard InChI is InChI=1S/C16H12Cl2FN3O2/c17-11-3-1-10(2-4-11)7-21-8-15(24)22(9-14(21)23)16-13(19)5-12(18)6-20-16/h1-6H,7-9H2. The van der Waals surface area contributed by atoms with Gasteiger partial charge in [0.25, 0.3) is 0 Å². The number of hydrogen-bond acceptors (Lipinski definition) is 3. The van der Waals surface area contributed by atoms with Gasteiger partial charge in [-0.15, -0.1) is 0 Å². The number of pyridine rings is 1. The van der Waals surface area contributed by atoms with Gasteiger partial charge in [-0.2, -0.15) is 0 Å². The maximum Gasteiger partial charge on any atom is 0.248 e. The van der Waals surface area contributed by atoms with E-state index in [4.69, 9.17) is 23.2 Å². The number of nitrogens with zero attached hydrogens (tertiary/aromatic N) is 3. The van der Waals surface area contributed by atoms with Crippen LogP contribution in [-0.4, -0.2) is 34.8 Å². The minimum Gasteiger partial charge on any atom is -0.327 e. The summed E-state index contributed by atoms with van der Waals surface area (Å²) in [6.45, 7) is -0.130. The number of benzene rings is 1. The smallest absolute Gasteiger partial charge is 0.248 e. The minimum absolute atomic E-state index is 0.122. The van der Waals surface area contributed by atoms with Crippen LogP contribution in [0.25, 0.3) is 0 Å². The summed E-state index contributed by atoms with van der Waals surface area (Å²) >= 11 is 11.5. The Balaban J connectivity index is 1.75. The molecule has 0 bridgehead atoms. The fourth-order valence-corrected chi connectivity index (χ4v) is 2.68. The number of carbonyl (C=O) groups excluding carboxylic acids is 2. The molecule has 124 valence electrons. The maximum atomic E-state index is 13.9. The lowest BCUT2D eigenvalue weighted by Gasteiger charge is -2.33. The molecular formula is C16H12Cl2FN3O2. The number of piperazine rings is 1. The molecule has 0 radical (unpaired) electrons. The van der Waals surface area contributed by atoms with Crippen molar-refractivity contribution in [3.63, 3.8) is 0 Å². The summed E-state index contributed by atoms with van der Waals surface area (Å²) < 4.78 is 13.9. The SMILES string of the molecule is O=C1CN(c2ncc(Cl)cc2F)C(=O)CN1Cc1ccc(Cl)cc1. The molecule has 1 aliphatic rings. The maximum absolute atomic E-state index is 13.9. The predicted molar refractivity (Wildman–Crippen MR) is 88.4 cm³/mol. The van der Waals surface area contributed by atoms with Crippen molar-refractivity contribution in [1.29, 1.82) is 0 Å². The Hall–Kier alpha value is -2.18. The van der Waals surface area contributed by atoms with Crippen LogP contribution in [0.4, 0.5) is 10.2 Å². The number of rotatable bonds is 3. The van der Waals surface area contributed by atoms with Gasteiger partial charge in [-0.25, -0.2) is 9.37 Å². The minimum atomic E-state index is -0.741. The van der Waals surface area contributed by atoms with Crippen LogP contribution in [0.3, 0.4) is 0 Å². The van der Waals surface area contributed by atoms with Crippen molar-refractivity contribution < 1.29 is 14.0 Å². The topological polar surface area (TPSA) is 53.5 Å². The Kier molecular flexibility index (Phi) is 4.69. The number of hydrogen-bond donors (Lipinski definition) is 0. The van der Waals surface area contributed by atoms with E-state index in [-0.39, 0.29) is 36.4 Å². The van der Waals surface area contributed by atoms with Crippen molar-refractivity contribution in [3.8, 4) is 0 Å². The molecule has 0 N–H and O–H groups in total. The van der Waals surface area contributed by atoms with E-state index in [9.17, 15) is 14.0 Å². The highest BCUT2D eigenvalue weighted by Gasteiger charge is 2.32. The monoisotopic (exact) mass is 367 g/mol. The van der Waals surface area contributed by atoms with Crippen molar-refractivity contribution in [1.82, 2.24) is 9.88 Å². The van der Waals surface area contributed by atoms with Gasteiger partial charge in [-0.3, -0.25) is 14.5 Å². The number of aromatic nitrogens is 1. The van der Waals surface area contributed by atoms with Crippen LogP contribution in [-0.2, 0) is 16.1 Å². The van der Waals surface area contributed by atoms with E-state index in [0.29, 0.717) is 5.02 Å². The Morgan fingerprint density at radius 1 is 1.04 bits per heavy atom. The highest BCUT2D eigenvalue weighted by atomic mass is 35.5. The molecule has 24 heavy (non-hydrogen) atoms. The molecule has 2 aromatic rings. The summed E-state index contributed by atoms with van der Waals surface area (Å²) in [5.41, 5.74) is 0.852. The molecular weight excluding hydrogens is 356 g/mol. The number of halogens is 3. The molecule has 1 fully saturated rings. The van der Waals surface area contributed by atoms with Crippen LogP contribution in [0, 0.1) is 5.82 Å². The van der Waals surface area contributed by atoms with Gasteiger partial charge in [-0.05, 0) is 23.8 Å². The van der Waals surface area contributed by atoms with E-state index in [2.05, 4.69) is 4.98 Å². The first-order valence-electron chi connectivity index (χ1n) is 7.07. The zero-order valence-corrected chi connectivity index (χ0v) is 13.9. The zero-order valence-electron chi connectivity index (χ0n) is 12.4. The van der Waals surface area contributed by atoms with E-state index in [0.717, 1.165) is 16.5 Å². The molecule has 3 rings (SSSR count). The van der Waals surface area contributed by atoms with Crippen LogP contribution in [0.1, 0.15) is 5.56 Å². The summed E-state index contributed by atoms with van der Waals surface area (Å²) in [5.74, 6) is -1.63. The Morgan fingerprint density at radius 2 is 1.75 bits per heavy atom. The Labute approximate surface area is 147 Å². The molecule has 0 aliphatic carbocycles. The van der Waals surface area contributed by atoms with Crippen LogP contribution < -0.4 is 4.90 Å². The molecule has 1 aromatic heterocycles. The first-order valence-corrected chi connectivity index (χ1v) is 7.83. The fourth-order valence-electron chi connectivity index (χ4n) is 2.41. The molecule has 8 heteroatoms. The normalized spacial score (nSPS) is 15.1. The molecule has 0 atom stereocenters. The largest absolute Gasteiger partial charge is 0.327 e. The van der Waals surface area contributed by atoms with Gasteiger partial charge in [-0.1, -0.05) is 35.3 Å². The predicted octanol–water partition coefficient (Wildman–Crippen LogP) is 2.90. The average molecular weight is 368 g/mol. The second-order valence-corrected chi connectivity index (χ2v) is 6.19. The number of anilines is 1. The second kappa shape index (κ2) is 6.75. The van der Waals surface area contributed by atoms with Crippen LogP contribution in [0.5, 0.6) is 0 Å². The third-order valence-corrected chi connectivity index (χ3v) is 4.06. The van der Waals surface area contributed by atoms with E-state index in [1.54, 1.807) is 24.3 Å². The van der Waals surface area contributed by atoms with Crippen molar-refractivity contribution in [3.05, 3.63) is 58.0 Å².